The monoisotopic (exact) mass is 440 g/mol. The first kappa shape index (κ1) is 24.7. The van der Waals surface area contributed by atoms with Crippen LogP contribution >= 0.6 is 0 Å². The molecule has 2 aromatic carbocycles. The minimum Gasteiger partial charge on any atom is -0.494 e. The van der Waals surface area contributed by atoms with E-state index in [0.29, 0.717) is 30.3 Å². The number of esters is 3. The van der Waals surface area contributed by atoms with Gasteiger partial charge in [-0.1, -0.05) is 18.7 Å². The molecule has 0 aliphatic carbocycles. The van der Waals surface area contributed by atoms with Gasteiger partial charge in [-0.05, 0) is 67.6 Å². The van der Waals surface area contributed by atoms with Crippen molar-refractivity contribution in [3.05, 3.63) is 72.3 Å². The zero-order valence-electron chi connectivity index (χ0n) is 18.2. The molecule has 0 amide bonds. The van der Waals surface area contributed by atoms with Crippen LogP contribution < -0.4 is 9.47 Å². The number of benzene rings is 2. The van der Waals surface area contributed by atoms with Crippen LogP contribution in [-0.4, -0.2) is 38.2 Å². The van der Waals surface area contributed by atoms with Crippen LogP contribution in [0.4, 0.5) is 0 Å². The molecule has 2 rings (SSSR count). The quantitative estimate of drug-likeness (QED) is 0.199. The minimum atomic E-state index is -0.477. The third-order valence-corrected chi connectivity index (χ3v) is 4.52. The molecule has 2 aromatic rings. The maximum Gasteiger partial charge on any atom is 0.343 e. The number of methoxy groups -OCH3 is 1. The second kappa shape index (κ2) is 13.6. The molecule has 32 heavy (non-hydrogen) atoms. The highest BCUT2D eigenvalue weighted by molar-refractivity contribution is 5.91. The van der Waals surface area contributed by atoms with Gasteiger partial charge in [-0.15, -0.1) is 0 Å². The molecule has 0 saturated carbocycles. The number of unbranched alkanes of at least 4 members (excludes halogenated alkanes) is 3. The Balaban J connectivity index is 1.68. The Morgan fingerprint density at radius 3 is 2.09 bits per heavy atom. The van der Waals surface area contributed by atoms with Gasteiger partial charge in [0.15, 0.2) is 0 Å². The van der Waals surface area contributed by atoms with E-state index in [1.165, 1.54) is 7.11 Å². The highest BCUT2D eigenvalue weighted by Crippen LogP contribution is 2.17. The molecular weight excluding hydrogens is 412 g/mol. The summed E-state index contributed by atoms with van der Waals surface area (Å²) < 4.78 is 20.6. The lowest BCUT2D eigenvalue weighted by Crippen LogP contribution is -2.09. The molecule has 0 N–H and O–H groups in total. The van der Waals surface area contributed by atoms with E-state index in [0.717, 1.165) is 37.3 Å². The molecule has 0 aliphatic rings. The van der Waals surface area contributed by atoms with Crippen molar-refractivity contribution in [1.82, 2.24) is 0 Å². The Hall–Kier alpha value is -3.61. The van der Waals surface area contributed by atoms with Gasteiger partial charge in [-0.3, -0.25) is 4.79 Å². The first-order chi connectivity index (χ1) is 15.5. The van der Waals surface area contributed by atoms with Gasteiger partial charge in [-0.25, -0.2) is 9.59 Å². The number of hydrogen-bond acceptors (Lipinski definition) is 7. The maximum absolute atomic E-state index is 12.3. The Morgan fingerprint density at radius 2 is 1.47 bits per heavy atom. The van der Waals surface area contributed by atoms with Crippen LogP contribution in [0.25, 0.3) is 0 Å². The maximum atomic E-state index is 12.3. The number of rotatable bonds is 13. The van der Waals surface area contributed by atoms with Gasteiger partial charge in [0.05, 0.1) is 32.3 Å². The third kappa shape index (κ3) is 9.04. The van der Waals surface area contributed by atoms with Crippen LogP contribution in [0.2, 0.25) is 0 Å². The summed E-state index contributed by atoms with van der Waals surface area (Å²) in [6.07, 6.45) is 4.92. The first-order valence-corrected chi connectivity index (χ1v) is 10.4. The van der Waals surface area contributed by atoms with Crippen molar-refractivity contribution in [3.8, 4) is 11.5 Å². The van der Waals surface area contributed by atoms with Crippen LogP contribution in [0.5, 0.6) is 11.5 Å². The molecule has 0 spiro atoms. The SMILES string of the molecule is C=CC(=O)OCCCCCCOc1ccc(C(=O)Oc2ccc(CC(=O)OC)cc2)cc1. The van der Waals surface area contributed by atoms with Gasteiger partial charge in [-0.2, -0.15) is 0 Å². The van der Waals surface area contributed by atoms with Crippen molar-refractivity contribution in [2.24, 2.45) is 0 Å². The van der Waals surface area contributed by atoms with Crippen molar-refractivity contribution >= 4 is 17.9 Å². The van der Waals surface area contributed by atoms with Crippen molar-refractivity contribution in [3.63, 3.8) is 0 Å². The number of ether oxygens (including phenoxy) is 4. The Morgan fingerprint density at radius 1 is 0.844 bits per heavy atom. The molecule has 7 heteroatoms. The van der Waals surface area contributed by atoms with Crippen LogP contribution in [0.3, 0.4) is 0 Å². The van der Waals surface area contributed by atoms with E-state index in [4.69, 9.17) is 14.2 Å². The molecule has 0 aliphatic heterocycles. The average molecular weight is 440 g/mol. The highest BCUT2D eigenvalue weighted by atomic mass is 16.5. The van der Waals surface area contributed by atoms with Crippen molar-refractivity contribution in [2.45, 2.75) is 32.1 Å². The van der Waals surface area contributed by atoms with Crippen LogP contribution in [0, 0.1) is 0 Å². The molecule has 0 saturated heterocycles. The van der Waals surface area contributed by atoms with E-state index in [2.05, 4.69) is 11.3 Å². The summed E-state index contributed by atoms with van der Waals surface area (Å²) in [5, 5.41) is 0. The fraction of sp³-hybridized carbons (Fsp3) is 0.320. The molecule has 0 atom stereocenters. The van der Waals surface area contributed by atoms with E-state index >= 15 is 0 Å². The third-order valence-electron chi connectivity index (χ3n) is 4.52. The Labute approximate surface area is 187 Å². The van der Waals surface area contributed by atoms with E-state index in [1.54, 1.807) is 48.5 Å². The number of hydrogen-bond donors (Lipinski definition) is 0. The zero-order valence-corrected chi connectivity index (χ0v) is 18.2. The molecule has 0 unspecified atom stereocenters. The minimum absolute atomic E-state index is 0.164. The second-order valence-electron chi connectivity index (χ2n) is 6.95. The van der Waals surface area contributed by atoms with E-state index in [1.807, 2.05) is 0 Å². The zero-order chi connectivity index (χ0) is 23.2. The summed E-state index contributed by atoms with van der Waals surface area (Å²) in [5.41, 5.74) is 1.18. The molecule has 0 radical (unpaired) electrons. The molecule has 0 aromatic heterocycles. The predicted molar refractivity (Wildman–Crippen MR) is 119 cm³/mol. The molecular formula is C25H28O7. The van der Waals surface area contributed by atoms with Crippen molar-refractivity contribution < 1.29 is 33.3 Å². The predicted octanol–water partition coefficient (Wildman–Crippen LogP) is 4.29. The summed E-state index contributed by atoms with van der Waals surface area (Å²) in [6, 6.07) is 13.5. The van der Waals surface area contributed by atoms with Gasteiger partial charge >= 0.3 is 17.9 Å². The average Bonchev–Trinajstić information content (AvgIpc) is 2.82. The summed E-state index contributed by atoms with van der Waals surface area (Å²) in [5.74, 6) is -0.135. The first-order valence-electron chi connectivity index (χ1n) is 10.4. The van der Waals surface area contributed by atoms with Crippen LogP contribution in [0.15, 0.2) is 61.2 Å². The summed E-state index contributed by atoms with van der Waals surface area (Å²) in [7, 11) is 1.34. The lowest BCUT2D eigenvalue weighted by Gasteiger charge is -2.08. The van der Waals surface area contributed by atoms with Crippen LogP contribution in [0.1, 0.15) is 41.6 Å². The van der Waals surface area contributed by atoms with E-state index in [9.17, 15) is 14.4 Å². The van der Waals surface area contributed by atoms with Gasteiger partial charge in [0.1, 0.15) is 11.5 Å². The fourth-order valence-corrected chi connectivity index (χ4v) is 2.75. The van der Waals surface area contributed by atoms with Gasteiger partial charge < -0.3 is 18.9 Å². The number of carbonyl (C=O) groups is 3. The highest BCUT2D eigenvalue weighted by Gasteiger charge is 2.10. The van der Waals surface area contributed by atoms with Crippen molar-refractivity contribution in [1.29, 1.82) is 0 Å². The van der Waals surface area contributed by atoms with Gasteiger partial charge in [0.25, 0.3) is 0 Å². The molecule has 0 bridgehead atoms. The smallest absolute Gasteiger partial charge is 0.343 e. The standard InChI is InChI=1S/C25H28O7/c1-3-23(26)31-17-7-5-4-6-16-30-21-14-10-20(11-15-21)25(28)32-22-12-8-19(9-13-22)18-24(27)29-2/h3,8-15H,1,4-7,16-18H2,2H3. The largest absolute Gasteiger partial charge is 0.494 e. The van der Waals surface area contributed by atoms with Gasteiger partial charge in [0, 0.05) is 6.08 Å². The van der Waals surface area contributed by atoms with E-state index in [-0.39, 0.29) is 12.4 Å². The lowest BCUT2D eigenvalue weighted by molar-refractivity contribution is -0.140. The summed E-state index contributed by atoms with van der Waals surface area (Å²) in [4.78, 5) is 34.5. The lowest BCUT2D eigenvalue weighted by atomic mass is 10.1. The molecule has 170 valence electrons. The normalized spacial score (nSPS) is 10.2. The summed E-state index contributed by atoms with van der Waals surface area (Å²) in [6.45, 7) is 4.31. The molecule has 0 heterocycles. The van der Waals surface area contributed by atoms with Gasteiger partial charge in [0.2, 0.25) is 0 Å². The Kier molecular flexibility index (Phi) is 10.5. The fourth-order valence-electron chi connectivity index (χ4n) is 2.75. The number of carbonyl (C=O) groups excluding carboxylic acids is 3. The summed E-state index contributed by atoms with van der Waals surface area (Å²) >= 11 is 0. The molecule has 0 fully saturated rings. The Bertz CT molecular complexity index is 886. The van der Waals surface area contributed by atoms with E-state index < -0.39 is 11.9 Å². The topological polar surface area (TPSA) is 88.1 Å². The second-order valence-corrected chi connectivity index (χ2v) is 6.95. The van der Waals surface area contributed by atoms with Crippen molar-refractivity contribution in [2.75, 3.05) is 20.3 Å². The van der Waals surface area contributed by atoms with Crippen LogP contribution in [-0.2, 0) is 25.5 Å². The molecule has 7 nitrogen and oxygen atoms in total.